The van der Waals surface area contributed by atoms with E-state index in [4.69, 9.17) is 13.9 Å². The van der Waals surface area contributed by atoms with Gasteiger partial charge in [0.1, 0.15) is 22.6 Å². The van der Waals surface area contributed by atoms with Crippen LogP contribution in [0.5, 0.6) is 11.5 Å². The Morgan fingerprint density at radius 1 is 0.931 bits per heavy atom. The number of ether oxygens (including phenoxy) is 2. The molecule has 0 saturated carbocycles. The van der Waals surface area contributed by atoms with Crippen molar-refractivity contribution in [2.24, 2.45) is 0 Å². The number of hydrogen-bond acceptors (Lipinski definition) is 5. The normalized spacial score (nSPS) is 10.7. The molecule has 3 aromatic carbocycles. The van der Waals surface area contributed by atoms with Gasteiger partial charge in [0, 0.05) is 11.5 Å². The number of hydrogen-bond donors (Lipinski definition) is 0. The fourth-order valence-corrected chi connectivity index (χ4v) is 3.31. The lowest BCUT2D eigenvalue weighted by Gasteiger charge is -2.10. The van der Waals surface area contributed by atoms with Crippen LogP contribution in [0.1, 0.15) is 15.9 Å². The van der Waals surface area contributed by atoms with Gasteiger partial charge in [0.05, 0.1) is 12.7 Å². The highest BCUT2D eigenvalue weighted by molar-refractivity contribution is 5.94. The molecule has 29 heavy (non-hydrogen) atoms. The van der Waals surface area contributed by atoms with Gasteiger partial charge < -0.3 is 13.9 Å². The van der Waals surface area contributed by atoms with Crippen molar-refractivity contribution in [2.75, 3.05) is 7.11 Å². The second-order valence-electron chi connectivity index (χ2n) is 6.50. The third-order valence-corrected chi connectivity index (χ3v) is 4.74. The summed E-state index contributed by atoms with van der Waals surface area (Å²) in [6.07, 6.45) is 0. The van der Waals surface area contributed by atoms with Crippen LogP contribution in [0.25, 0.3) is 22.1 Å². The highest BCUT2D eigenvalue weighted by Gasteiger charge is 2.17. The summed E-state index contributed by atoms with van der Waals surface area (Å²) in [5.74, 6) is 0.151. The van der Waals surface area contributed by atoms with Crippen LogP contribution < -0.4 is 15.1 Å². The highest BCUT2D eigenvalue weighted by atomic mass is 16.5. The molecule has 4 aromatic rings. The second kappa shape index (κ2) is 7.64. The molecule has 0 spiro atoms. The third kappa shape index (κ3) is 3.50. The molecular weight excluding hydrogens is 368 g/mol. The van der Waals surface area contributed by atoms with Crippen LogP contribution in [-0.4, -0.2) is 13.1 Å². The molecule has 0 bridgehead atoms. The number of benzene rings is 3. The van der Waals surface area contributed by atoms with Crippen LogP contribution in [0.15, 0.2) is 82.0 Å². The van der Waals surface area contributed by atoms with Crippen molar-refractivity contribution in [3.8, 4) is 22.6 Å². The van der Waals surface area contributed by atoms with E-state index in [1.807, 2.05) is 37.3 Å². The first-order valence-electron chi connectivity index (χ1n) is 9.06. The topological polar surface area (TPSA) is 65.7 Å². The Hall–Kier alpha value is -3.86. The molecule has 1 aromatic heterocycles. The summed E-state index contributed by atoms with van der Waals surface area (Å²) in [5, 5.41) is 0.778. The molecule has 4 rings (SSSR count). The Morgan fingerprint density at radius 3 is 2.41 bits per heavy atom. The van der Waals surface area contributed by atoms with Crippen molar-refractivity contribution in [2.45, 2.75) is 6.92 Å². The number of methoxy groups -OCH3 is 1. The molecule has 0 N–H and O–H groups in total. The number of esters is 1. The fraction of sp³-hybridized carbons (Fsp3) is 0.0833. The van der Waals surface area contributed by atoms with E-state index in [9.17, 15) is 9.59 Å². The Kier molecular flexibility index (Phi) is 4.87. The molecule has 144 valence electrons. The number of fused-ring (bicyclic) bond motifs is 1. The predicted octanol–water partition coefficient (Wildman–Crippen LogP) is 5.00. The molecule has 1 heterocycles. The van der Waals surface area contributed by atoms with Gasteiger partial charge in [-0.15, -0.1) is 0 Å². The number of carbonyl (C=O) groups excluding carboxylic acids is 1. The van der Waals surface area contributed by atoms with E-state index in [2.05, 4.69) is 0 Å². The van der Waals surface area contributed by atoms with Gasteiger partial charge in [-0.3, -0.25) is 0 Å². The third-order valence-electron chi connectivity index (χ3n) is 4.74. The minimum absolute atomic E-state index is 0.281. The van der Waals surface area contributed by atoms with Gasteiger partial charge in [0.2, 0.25) is 0 Å². The lowest BCUT2D eigenvalue weighted by atomic mass is 10.00. The summed E-state index contributed by atoms with van der Waals surface area (Å²) in [4.78, 5) is 25.1. The van der Waals surface area contributed by atoms with E-state index in [0.717, 1.165) is 16.5 Å². The first-order valence-corrected chi connectivity index (χ1v) is 9.06. The number of para-hydroxylation sites is 1. The molecule has 0 radical (unpaired) electrons. The molecule has 0 unspecified atom stereocenters. The highest BCUT2D eigenvalue weighted by Crippen LogP contribution is 2.29. The summed E-state index contributed by atoms with van der Waals surface area (Å²) in [6.45, 7) is 1.88. The standard InChI is InChI=1S/C24H18O5/c1-15-18-13-12-17(28-23(25)19-10-6-7-11-20(19)27-2)14-21(18)29-24(26)22(15)16-8-4-3-5-9-16/h3-14H,1-2H3. The van der Waals surface area contributed by atoms with E-state index >= 15 is 0 Å². The molecule has 0 aliphatic rings. The summed E-state index contributed by atoms with van der Waals surface area (Å²) in [6, 6.07) is 21.2. The Morgan fingerprint density at radius 2 is 1.66 bits per heavy atom. The minimum Gasteiger partial charge on any atom is -0.496 e. The predicted molar refractivity (Wildman–Crippen MR) is 111 cm³/mol. The quantitative estimate of drug-likeness (QED) is 0.281. The molecule has 5 nitrogen and oxygen atoms in total. The largest absolute Gasteiger partial charge is 0.496 e. The molecule has 0 aliphatic heterocycles. The van der Waals surface area contributed by atoms with Crippen molar-refractivity contribution in [3.05, 3.63) is 94.3 Å². The lowest BCUT2D eigenvalue weighted by Crippen LogP contribution is -2.10. The molecule has 5 heteroatoms. The van der Waals surface area contributed by atoms with Crippen LogP contribution in [-0.2, 0) is 0 Å². The molecule has 0 atom stereocenters. The lowest BCUT2D eigenvalue weighted by molar-refractivity contribution is 0.0731. The van der Waals surface area contributed by atoms with Crippen molar-refractivity contribution >= 4 is 16.9 Å². The molecule has 0 aliphatic carbocycles. The zero-order valence-corrected chi connectivity index (χ0v) is 16.0. The average molecular weight is 386 g/mol. The summed E-state index contributed by atoms with van der Waals surface area (Å²) in [7, 11) is 1.49. The molecule has 0 saturated heterocycles. The van der Waals surface area contributed by atoms with Gasteiger partial charge >= 0.3 is 11.6 Å². The SMILES string of the molecule is COc1ccccc1C(=O)Oc1ccc2c(C)c(-c3ccccc3)c(=O)oc2c1. The first kappa shape index (κ1) is 18.5. The molecule has 0 amide bonds. The van der Waals surface area contributed by atoms with Crippen molar-refractivity contribution < 1.29 is 18.7 Å². The summed E-state index contributed by atoms with van der Waals surface area (Å²) < 4.78 is 16.2. The van der Waals surface area contributed by atoms with E-state index in [-0.39, 0.29) is 5.75 Å². The fourth-order valence-electron chi connectivity index (χ4n) is 3.31. The number of carbonyl (C=O) groups is 1. The van der Waals surface area contributed by atoms with E-state index in [1.165, 1.54) is 7.11 Å². The zero-order chi connectivity index (χ0) is 20.4. The molecular formula is C24H18O5. The first-order chi connectivity index (χ1) is 14.1. The average Bonchev–Trinajstić information content (AvgIpc) is 2.74. The maximum atomic E-state index is 12.6. The Balaban J connectivity index is 1.72. The van der Waals surface area contributed by atoms with E-state index in [0.29, 0.717) is 22.5 Å². The maximum Gasteiger partial charge on any atom is 0.347 e. The second-order valence-corrected chi connectivity index (χ2v) is 6.50. The summed E-state index contributed by atoms with van der Waals surface area (Å²) >= 11 is 0. The zero-order valence-electron chi connectivity index (χ0n) is 16.0. The molecule has 0 fully saturated rings. The van der Waals surface area contributed by atoms with Crippen LogP contribution in [0.3, 0.4) is 0 Å². The maximum absolute atomic E-state index is 12.6. The smallest absolute Gasteiger partial charge is 0.347 e. The van der Waals surface area contributed by atoms with Crippen LogP contribution in [0.4, 0.5) is 0 Å². The Labute approximate surface area is 167 Å². The van der Waals surface area contributed by atoms with E-state index < -0.39 is 11.6 Å². The van der Waals surface area contributed by atoms with Crippen molar-refractivity contribution in [1.29, 1.82) is 0 Å². The van der Waals surface area contributed by atoms with Crippen molar-refractivity contribution in [3.63, 3.8) is 0 Å². The van der Waals surface area contributed by atoms with Gasteiger partial charge in [0.15, 0.2) is 0 Å². The van der Waals surface area contributed by atoms with Gasteiger partial charge in [-0.2, -0.15) is 0 Å². The van der Waals surface area contributed by atoms with Crippen LogP contribution in [0.2, 0.25) is 0 Å². The van der Waals surface area contributed by atoms with Gasteiger partial charge in [-0.25, -0.2) is 9.59 Å². The van der Waals surface area contributed by atoms with Gasteiger partial charge in [0.25, 0.3) is 0 Å². The van der Waals surface area contributed by atoms with Crippen molar-refractivity contribution in [1.82, 2.24) is 0 Å². The van der Waals surface area contributed by atoms with Crippen LogP contribution >= 0.6 is 0 Å². The van der Waals surface area contributed by atoms with E-state index in [1.54, 1.807) is 42.5 Å². The monoisotopic (exact) mass is 386 g/mol. The number of aryl methyl sites for hydroxylation is 1. The van der Waals surface area contributed by atoms with Gasteiger partial charge in [-0.05, 0) is 42.3 Å². The Bertz CT molecular complexity index is 1260. The minimum atomic E-state index is -0.554. The number of rotatable bonds is 4. The van der Waals surface area contributed by atoms with Gasteiger partial charge in [-0.1, -0.05) is 42.5 Å². The van der Waals surface area contributed by atoms with Crippen LogP contribution in [0, 0.1) is 6.92 Å². The summed E-state index contributed by atoms with van der Waals surface area (Å²) in [5.41, 5.74) is 2.37.